The van der Waals surface area contributed by atoms with Crippen LogP contribution in [0.4, 0.5) is 0 Å². The molecule has 0 aromatic heterocycles. The van der Waals surface area contributed by atoms with E-state index >= 15 is 0 Å². The SMILES string of the molecule is CC(C)S(=O)(=O)N(C)CC(C)(C)CN. The minimum atomic E-state index is -3.14. The van der Waals surface area contributed by atoms with Gasteiger partial charge in [0, 0.05) is 13.6 Å². The third-order valence-electron chi connectivity index (χ3n) is 2.23. The second-order valence-electron chi connectivity index (χ2n) is 4.72. The Kier molecular flexibility index (Phi) is 4.55. The summed E-state index contributed by atoms with van der Waals surface area (Å²) in [6.45, 7) is 8.22. The summed E-state index contributed by atoms with van der Waals surface area (Å²) in [5.41, 5.74) is 5.38. The van der Waals surface area contributed by atoms with E-state index in [1.807, 2.05) is 13.8 Å². The number of sulfonamides is 1. The van der Waals surface area contributed by atoms with Crippen LogP contribution in [0.2, 0.25) is 0 Å². The van der Waals surface area contributed by atoms with Crippen LogP contribution in [0.25, 0.3) is 0 Å². The molecule has 5 heteroatoms. The Morgan fingerprint density at radius 3 is 2.07 bits per heavy atom. The molecule has 0 spiro atoms. The molecule has 0 rings (SSSR count). The van der Waals surface area contributed by atoms with Crippen molar-refractivity contribution in [2.24, 2.45) is 11.1 Å². The molecule has 0 aromatic carbocycles. The fraction of sp³-hybridized carbons (Fsp3) is 1.00. The zero-order valence-electron chi connectivity index (χ0n) is 9.74. The van der Waals surface area contributed by atoms with Gasteiger partial charge in [-0.3, -0.25) is 0 Å². The van der Waals surface area contributed by atoms with E-state index in [1.165, 1.54) is 4.31 Å². The van der Waals surface area contributed by atoms with Crippen LogP contribution in [0.5, 0.6) is 0 Å². The Morgan fingerprint density at radius 2 is 1.79 bits per heavy atom. The molecule has 0 unspecified atom stereocenters. The van der Waals surface area contributed by atoms with Crippen molar-refractivity contribution in [3.8, 4) is 0 Å². The average Bonchev–Trinajstić information content (AvgIpc) is 2.03. The summed E-state index contributed by atoms with van der Waals surface area (Å²) >= 11 is 0. The molecule has 86 valence electrons. The molecule has 0 saturated heterocycles. The molecule has 0 amide bonds. The Hall–Kier alpha value is -0.130. The average molecular weight is 222 g/mol. The van der Waals surface area contributed by atoms with Crippen molar-refractivity contribution in [3.63, 3.8) is 0 Å². The van der Waals surface area contributed by atoms with E-state index in [4.69, 9.17) is 5.73 Å². The summed E-state index contributed by atoms with van der Waals surface area (Å²) in [6, 6.07) is 0. The van der Waals surface area contributed by atoms with Gasteiger partial charge < -0.3 is 5.73 Å². The minimum Gasteiger partial charge on any atom is -0.330 e. The first-order valence-electron chi connectivity index (χ1n) is 4.79. The van der Waals surface area contributed by atoms with Crippen molar-refractivity contribution in [2.45, 2.75) is 32.9 Å². The lowest BCUT2D eigenvalue weighted by molar-refractivity contribution is 0.290. The third-order valence-corrected chi connectivity index (χ3v) is 4.42. The van der Waals surface area contributed by atoms with Crippen LogP contribution in [0.1, 0.15) is 27.7 Å². The molecule has 0 saturated carbocycles. The second kappa shape index (κ2) is 4.59. The Balaban J connectivity index is 4.59. The van der Waals surface area contributed by atoms with Gasteiger partial charge in [0.2, 0.25) is 10.0 Å². The van der Waals surface area contributed by atoms with Gasteiger partial charge in [0.05, 0.1) is 5.25 Å². The molecule has 0 aliphatic rings. The number of rotatable bonds is 5. The predicted octanol–water partition coefficient (Wildman–Crippen LogP) is 0.641. The molecule has 14 heavy (non-hydrogen) atoms. The topological polar surface area (TPSA) is 63.4 Å². The van der Waals surface area contributed by atoms with Gasteiger partial charge in [0.25, 0.3) is 0 Å². The lowest BCUT2D eigenvalue weighted by atomic mass is 9.94. The lowest BCUT2D eigenvalue weighted by Gasteiger charge is -2.29. The maximum Gasteiger partial charge on any atom is 0.216 e. The van der Waals surface area contributed by atoms with Crippen molar-refractivity contribution >= 4 is 10.0 Å². The fourth-order valence-electron chi connectivity index (χ4n) is 1.12. The highest BCUT2D eigenvalue weighted by molar-refractivity contribution is 7.89. The highest BCUT2D eigenvalue weighted by Gasteiger charge is 2.27. The zero-order valence-corrected chi connectivity index (χ0v) is 10.6. The number of hydrogen-bond acceptors (Lipinski definition) is 3. The molecule has 0 bridgehead atoms. The van der Waals surface area contributed by atoms with Gasteiger partial charge in [-0.25, -0.2) is 12.7 Å². The summed E-state index contributed by atoms with van der Waals surface area (Å²) in [5, 5.41) is -0.374. The Morgan fingerprint density at radius 1 is 1.36 bits per heavy atom. The summed E-state index contributed by atoms with van der Waals surface area (Å²) in [5.74, 6) is 0. The zero-order chi connectivity index (χ0) is 11.6. The van der Waals surface area contributed by atoms with Gasteiger partial charge in [-0.1, -0.05) is 13.8 Å². The van der Waals surface area contributed by atoms with Crippen LogP contribution in [-0.2, 0) is 10.0 Å². The second-order valence-corrected chi connectivity index (χ2v) is 7.31. The molecular formula is C9H22N2O2S. The first kappa shape index (κ1) is 13.9. The molecule has 2 N–H and O–H groups in total. The molecule has 4 nitrogen and oxygen atoms in total. The number of nitrogens with zero attached hydrogens (tertiary/aromatic N) is 1. The van der Waals surface area contributed by atoms with E-state index < -0.39 is 10.0 Å². The molecule has 0 aliphatic heterocycles. The highest BCUT2D eigenvalue weighted by Crippen LogP contribution is 2.17. The number of nitrogens with two attached hydrogens (primary N) is 1. The fourth-order valence-corrected chi connectivity index (χ4v) is 2.37. The molecule has 0 heterocycles. The van der Waals surface area contributed by atoms with E-state index in [0.29, 0.717) is 13.1 Å². The Labute approximate surface area is 87.5 Å². The first-order chi connectivity index (χ1) is 6.13. The van der Waals surface area contributed by atoms with Gasteiger partial charge in [-0.2, -0.15) is 0 Å². The molecule has 0 aliphatic carbocycles. The smallest absolute Gasteiger partial charge is 0.216 e. The van der Waals surface area contributed by atoms with Gasteiger partial charge in [-0.15, -0.1) is 0 Å². The normalized spacial score (nSPS) is 14.0. The van der Waals surface area contributed by atoms with E-state index in [0.717, 1.165) is 0 Å². The summed E-state index contributed by atoms with van der Waals surface area (Å²) in [7, 11) is -1.54. The van der Waals surface area contributed by atoms with E-state index in [9.17, 15) is 8.42 Å². The molecule has 0 radical (unpaired) electrons. The highest BCUT2D eigenvalue weighted by atomic mass is 32.2. The van der Waals surface area contributed by atoms with Crippen LogP contribution >= 0.6 is 0 Å². The maximum atomic E-state index is 11.7. The molecule has 0 aromatic rings. The van der Waals surface area contributed by atoms with E-state index in [-0.39, 0.29) is 10.7 Å². The first-order valence-corrected chi connectivity index (χ1v) is 6.29. The maximum absolute atomic E-state index is 11.7. The van der Waals surface area contributed by atoms with Gasteiger partial charge >= 0.3 is 0 Å². The van der Waals surface area contributed by atoms with Crippen molar-refractivity contribution in [1.82, 2.24) is 4.31 Å². The van der Waals surface area contributed by atoms with Crippen LogP contribution in [0, 0.1) is 5.41 Å². The quantitative estimate of drug-likeness (QED) is 0.742. The van der Waals surface area contributed by atoms with Crippen LogP contribution in [0.15, 0.2) is 0 Å². The van der Waals surface area contributed by atoms with E-state index in [2.05, 4.69) is 0 Å². The monoisotopic (exact) mass is 222 g/mol. The minimum absolute atomic E-state index is 0.170. The van der Waals surface area contributed by atoms with Crippen molar-refractivity contribution in [1.29, 1.82) is 0 Å². The van der Waals surface area contributed by atoms with Crippen molar-refractivity contribution in [2.75, 3.05) is 20.1 Å². The van der Waals surface area contributed by atoms with Gasteiger partial charge in [0.15, 0.2) is 0 Å². The molecule has 0 atom stereocenters. The van der Waals surface area contributed by atoms with E-state index in [1.54, 1.807) is 20.9 Å². The third kappa shape index (κ3) is 3.55. The summed E-state index contributed by atoms with van der Waals surface area (Å²) in [4.78, 5) is 0. The van der Waals surface area contributed by atoms with Crippen molar-refractivity contribution < 1.29 is 8.42 Å². The van der Waals surface area contributed by atoms with Crippen LogP contribution < -0.4 is 5.73 Å². The van der Waals surface area contributed by atoms with Crippen LogP contribution in [0.3, 0.4) is 0 Å². The Bertz CT molecular complexity index is 271. The lowest BCUT2D eigenvalue weighted by Crippen LogP contribution is -2.42. The standard InChI is InChI=1S/C9H22N2O2S/c1-8(2)14(12,13)11(5)7-9(3,4)6-10/h8H,6-7,10H2,1-5H3. The predicted molar refractivity (Wildman–Crippen MR) is 59.5 cm³/mol. The summed E-state index contributed by atoms with van der Waals surface area (Å²) < 4.78 is 24.8. The van der Waals surface area contributed by atoms with Gasteiger partial charge in [0.1, 0.15) is 0 Å². The summed E-state index contributed by atoms with van der Waals surface area (Å²) in [6.07, 6.45) is 0. The largest absolute Gasteiger partial charge is 0.330 e. The number of hydrogen-bond donors (Lipinski definition) is 1. The van der Waals surface area contributed by atoms with Crippen LogP contribution in [-0.4, -0.2) is 38.1 Å². The molecular weight excluding hydrogens is 200 g/mol. The van der Waals surface area contributed by atoms with Crippen molar-refractivity contribution in [3.05, 3.63) is 0 Å². The van der Waals surface area contributed by atoms with Gasteiger partial charge in [-0.05, 0) is 25.8 Å². The molecule has 0 fully saturated rings.